The number of hydrogen-bond donors (Lipinski definition) is 2. The van der Waals surface area contributed by atoms with Crippen molar-refractivity contribution in [3.8, 4) is 5.88 Å². The number of nitrogens with two attached hydrogens (primary N) is 1. The van der Waals surface area contributed by atoms with Gasteiger partial charge in [-0.3, -0.25) is 0 Å². The van der Waals surface area contributed by atoms with Crippen LogP contribution >= 0.6 is 0 Å². The highest BCUT2D eigenvalue weighted by molar-refractivity contribution is 5.90. The van der Waals surface area contributed by atoms with Gasteiger partial charge in [0.1, 0.15) is 5.82 Å². The SMILES string of the molecule is CNc1cc(OC(=O)c2ccccc2)nc(N)n1. The van der Waals surface area contributed by atoms with Gasteiger partial charge in [0, 0.05) is 13.1 Å². The first kappa shape index (κ1) is 11.8. The Morgan fingerprint density at radius 3 is 2.67 bits per heavy atom. The standard InChI is InChI=1S/C12H12N4O2/c1-14-9-7-10(16-12(13)15-9)18-11(17)8-5-3-2-4-6-8/h2-7H,1H3,(H3,13,14,15,16). The van der Waals surface area contributed by atoms with Gasteiger partial charge in [0.2, 0.25) is 11.8 Å². The lowest BCUT2D eigenvalue weighted by Gasteiger charge is -2.06. The van der Waals surface area contributed by atoms with Crippen LogP contribution in [0.1, 0.15) is 10.4 Å². The number of nitrogens with zero attached hydrogens (tertiary/aromatic N) is 2. The number of aromatic nitrogens is 2. The number of carbonyl (C=O) groups is 1. The van der Waals surface area contributed by atoms with Crippen LogP contribution in [0, 0.1) is 0 Å². The van der Waals surface area contributed by atoms with Crippen LogP contribution in [0.3, 0.4) is 0 Å². The number of hydrogen-bond acceptors (Lipinski definition) is 6. The molecule has 0 unspecified atom stereocenters. The van der Waals surface area contributed by atoms with Gasteiger partial charge in [0.15, 0.2) is 0 Å². The van der Waals surface area contributed by atoms with Crippen molar-refractivity contribution in [2.24, 2.45) is 0 Å². The minimum Gasteiger partial charge on any atom is -0.404 e. The number of ether oxygens (including phenoxy) is 1. The summed E-state index contributed by atoms with van der Waals surface area (Å²) in [5.41, 5.74) is 5.94. The van der Waals surface area contributed by atoms with Crippen molar-refractivity contribution in [2.75, 3.05) is 18.1 Å². The Hall–Kier alpha value is -2.63. The van der Waals surface area contributed by atoms with Crippen molar-refractivity contribution in [1.82, 2.24) is 9.97 Å². The van der Waals surface area contributed by atoms with Crippen LogP contribution in [0.25, 0.3) is 0 Å². The fraction of sp³-hybridized carbons (Fsp3) is 0.0833. The van der Waals surface area contributed by atoms with Gasteiger partial charge in [0.05, 0.1) is 5.56 Å². The van der Waals surface area contributed by atoms with Crippen LogP contribution in [-0.4, -0.2) is 23.0 Å². The summed E-state index contributed by atoms with van der Waals surface area (Å²) in [5.74, 6) is 0.146. The molecule has 0 saturated heterocycles. The minimum atomic E-state index is -0.490. The maximum Gasteiger partial charge on any atom is 0.344 e. The van der Waals surface area contributed by atoms with Crippen molar-refractivity contribution in [3.05, 3.63) is 42.0 Å². The average Bonchev–Trinajstić information content (AvgIpc) is 2.39. The Labute approximate surface area is 104 Å². The fourth-order valence-electron chi connectivity index (χ4n) is 1.35. The summed E-state index contributed by atoms with van der Waals surface area (Å²) >= 11 is 0. The van der Waals surface area contributed by atoms with Gasteiger partial charge < -0.3 is 15.8 Å². The van der Waals surface area contributed by atoms with E-state index in [1.165, 1.54) is 6.07 Å². The van der Waals surface area contributed by atoms with Crippen LogP contribution in [0.5, 0.6) is 5.88 Å². The number of esters is 1. The highest BCUT2D eigenvalue weighted by atomic mass is 16.5. The minimum absolute atomic E-state index is 0.0395. The molecule has 2 rings (SSSR count). The van der Waals surface area contributed by atoms with Crippen LogP contribution in [0.2, 0.25) is 0 Å². The molecular formula is C12H12N4O2. The summed E-state index contributed by atoms with van der Waals surface area (Å²) in [5, 5.41) is 2.80. The van der Waals surface area contributed by atoms with Gasteiger partial charge in [-0.05, 0) is 12.1 Å². The zero-order valence-corrected chi connectivity index (χ0v) is 9.75. The molecule has 92 valence electrons. The zero-order chi connectivity index (χ0) is 13.0. The van der Waals surface area contributed by atoms with Gasteiger partial charge in [-0.1, -0.05) is 18.2 Å². The van der Waals surface area contributed by atoms with Crippen LogP contribution in [-0.2, 0) is 0 Å². The van der Waals surface area contributed by atoms with Gasteiger partial charge in [0.25, 0.3) is 0 Å². The Kier molecular flexibility index (Phi) is 3.38. The van der Waals surface area contributed by atoms with E-state index in [9.17, 15) is 4.79 Å². The zero-order valence-electron chi connectivity index (χ0n) is 9.75. The molecule has 1 aromatic carbocycles. The quantitative estimate of drug-likeness (QED) is 0.791. The maximum atomic E-state index is 11.8. The Morgan fingerprint density at radius 2 is 2.00 bits per heavy atom. The van der Waals surface area contributed by atoms with E-state index in [1.807, 2.05) is 6.07 Å². The van der Waals surface area contributed by atoms with Crippen molar-refractivity contribution in [1.29, 1.82) is 0 Å². The molecule has 0 spiro atoms. The smallest absolute Gasteiger partial charge is 0.344 e. The third-order valence-corrected chi connectivity index (χ3v) is 2.18. The van der Waals surface area contributed by atoms with Crippen molar-refractivity contribution in [3.63, 3.8) is 0 Å². The largest absolute Gasteiger partial charge is 0.404 e. The molecule has 0 bridgehead atoms. The van der Waals surface area contributed by atoms with Crippen molar-refractivity contribution >= 4 is 17.7 Å². The molecule has 3 N–H and O–H groups in total. The number of carbonyl (C=O) groups excluding carboxylic acids is 1. The highest BCUT2D eigenvalue weighted by Crippen LogP contribution is 2.15. The van der Waals surface area contributed by atoms with Crippen LogP contribution < -0.4 is 15.8 Å². The van der Waals surface area contributed by atoms with E-state index in [0.717, 1.165) is 0 Å². The van der Waals surface area contributed by atoms with E-state index < -0.39 is 5.97 Å². The van der Waals surface area contributed by atoms with Gasteiger partial charge >= 0.3 is 5.97 Å². The molecule has 18 heavy (non-hydrogen) atoms. The first-order valence-electron chi connectivity index (χ1n) is 5.28. The topological polar surface area (TPSA) is 90.1 Å². The summed E-state index contributed by atoms with van der Waals surface area (Å²) in [6.07, 6.45) is 0. The second kappa shape index (κ2) is 5.13. The Bertz CT molecular complexity index is 557. The monoisotopic (exact) mass is 244 g/mol. The van der Waals surface area contributed by atoms with E-state index in [0.29, 0.717) is 11.4 Å². The third-order valence-electron chi connectivity index (χ3n) is 2.18. The second-order valence-corrected chi connectivity index (χ2v) is 3.46. The number of nitrogens with one attached hydrogen (secondary N) is 1. The predicted molar refractivity (Wildman–Crippen MR) is 67.4 cm³/mol. The molecule has 6 nitrogen and oxygen atoms in total. The van der Waals surface area contributed by atoms with Gasteiger partial charge in [-0.2, -0.15) is 9.97 Å². The lowest BCUT2D eigenvalue weighted by atomic mass is 10.2. The molecule has 6 heteroatoms. The second-order valence-electron chi connectivity index (χ2n) is 3.46. The van der Waals surface area contributed by atoms with Gasteiger partial charge in [-0.25, -0.2) is 4.79 Å². The van der Waals surface area contributed by atoms with E-state index in [-0.39, 0.29) is 11.8 Å². The fourth-order valence-corrected chi connectivity index (χ4v) is 1.35. The van der Waals surface area contributed by atoms with Gasteiger partial charge in [-0.15, -0.1) is 0 Å². The molecule has 0 aliphatic rings. The summed E-state index contributed by atoms with van der Waals surface area (Å²) in [6.45, 7) is 0. The van der Waals surface area contributed by atoms with E-state index in [4.69, 9.17) is 10.5 Å². The highest BCUT2D eigenvalue weighted by Gasteiger charge is 2.10. The molecule has 0 atom stereocenters. The molecule has 0 amide bonds. The first-order valence-corrected chi connectivity index (χ1v) is 5.28. The normalized spacial score (nSPS) is 9.83. The molecule has 0 fully saturated rings. The summed E-state index contributed by atoms with van der Waals surface area (Å²) < 4.78 is 5.11. The van der Waals surface area contributed by atoms with E-state index in [2.05, 4.69) is 15.3 Å². The van der Waals surface area contributed by atoms with E-state index >= 15 is 0 Å². The summed E-state index contributed by atoms with van der Waals surface area (Å²) in [6, 6.07) is 10.1. The molecule has 0 aliphatic heterocycles. The molecule has 0 aliphatic carbocycles. The van der Waals surface area contributed by atoms with Crippen molar-refractivity contribution < 1.29 is 9.53 Å². The summed E-state index contributed by atoms with van der Waals surface area (Å²) in [4.78, 5) is 19.5. The lowest BCUT2D eigenvalue weighted by molar-refractivity contribution is 0.0728. The van der Waals surface area contributed by atoms with Crippen LogP contribution in [0.15, 0.2) is 36.4 Å². The number of rotatable bonds is 3. The van der Waals surface area contributed by atoms with Crippen LogP contribution in [0.4, 0.5) is 11.8 Å². The molecular weight excluding hydrogens is 232 g/mol. The number of anilines is 2. The number of benzene rings is 1. The molecule has 0 radical (unpaired) electrons. The molecule has 1 aromatic heterocycles. The lowest BCUT2D eigenvalue weighted by Crippen LogP contribution is -2.11. The predicted octanol–water partition coefficient (Wildman–Crippen LogP) is 1.32. The average molecular weight is 244 g/mol. The third kappa shape index (κ3) is 2.73. The maximum absolute atomic E-state index is 11.8. The molecule has 2 aromatic rings. The molecule has 1 heterocycles. The van der Waals surface area contributed by atoms with E-state index in [1.54, 1.807) is 31.3 Å². The van der Waals surface area contributed by atoms with Crippen molar-refractivity contribution in [2.45, 2.75) is 0 Å². The Morgan fingerprint density at radius 1 is 1.28 bits per heavy atom. The first-order chi connectivity index (χ1) is 8.69. The number of nitrogen functional groups attached to an aromatic ring is 1. The Balaban J connectivity index is 2.19. The molecule has 0 saturated carbocycles. The summed E-state index contributed by atoms with van der Waals surface area (Å²) in [7, 11) is 1.69.